The van der Waals surface area contributed by atoms with E-state index in [4.69, 9.17) is 4.74 Å². The zero-order valence-corrected chi connectivity index (χ0v) is 17.6. The number of carbonyl (C=O) groups is 1. The van der Waals surface area contributed by atoms with Gasteiger partial charge in [0.2, 0.25) is 5.88 Å². The molecule has 6 nitrogen and oxygen atoms in total. The summed E-state index contributed by atoms with van der Waals surface area (Å²) in [6.07, 6.45) is 5.93. The second-order valence-corrected chi connectivity index (χ2v) is 8.44. The van der Waals surface area contributed by atoms with E-state index in [9.17, 15) is 9.18 Å². The van der Waals surface area contributed by atoms with E-state index in [-0.39, 0.29) is 11.7 Å². The summed E-state index contributed by atoms with van der Waals surface area (Å²) < 4.78 is 20.3. The first-order valence-corrected chi connectivity index (χ1v) is 10.6. The zero-order valence-electron chi connectivity index (χ0n) is 17.6. The average molecular weight is 413 g/mol. The summed E-state index contributed by atoms with van der Waals surface area (Å²) in [5.41, 5.74) is 1.42. The standard InChI is InChI=1S/C23H29FN4O2/c1-27(2)19-9-11-28(12-10-19)21-7-6-18(13-20(21)24)26-23(29)17-5-8-22(25-14-17)30-15-16-3-4-16/h5-8,13-14,16,19H,3-4,9-12,15H2,1-2H3,(H,26,29). The fourth-order valence-electron chi connectivity index (χ4n) is 3.76. The molecule has 2 fully saturated rings. The molecule has 2 aromatic rings. The largest absolute Gasteiger partial charge is 0.477 e. The van der Waals surface area contributed by atoms with Crippen molar-refractivity contribution in [2.75, 3.05) is 44.0 Å². The number of rotatable bonds is 7. The lowest BCUT2D eigenvalue weighted by atomic mass is 10.0. The van der Waals surface area contributed by atoms with Crippen molar-refractivity contribution in [2.24, 2.45) is 5.92 Å². The van der Waals surface area contributed by atoms with Crippen LogP contribution >= 0.6 is 0 Å². The predicted molar refractivity (Wildman–Crippen MR) is 116 cm³/mol. The number of nitrogens with one attached hydrogen (secondary N) is 1. The van der Waals surface area contributed by atoms with Crippen LogP contribution < -0.4 is 15.0 Å². The highest BCUT2D eigenvalue weighted by Gasteiger charge is 2.23. The van der Waals surface area contributed by atoms with Crippen molar-refractivity contribution >= 4 is 17.3 Å². The van der Waals surface area contributed by atoms with E-state index in [0.29, 0.717) is 41.4 Å². The molecule has 0 unspecified atom stereocenters. The van der Waals surface area contributed by atoms with E-state index in [1.54, 1.807) is 24.3 Å². The first kappa shape index (κ1) is 20.6. The lowest BCUT2D eigenvalue weighted by Gasteiger charge is -2.36. The van der Waals surface area contributed by atoms with Crippen molar-refractivity contribution in [3.8, 4) is 5.88 Å². The van der Waals surface area contributed by atoms with Crippen molar-refractivity contribution in [2.45, 2.75) is 31.7 Å². The molecule has 1 N–H and O–H groups in total. The Bertz CT molecular complexity index is 875. The Morgan fingerprint density at radius 1 is 1.20 bits per heavy atom. The normalized spacial score (nSPS) is 17.3. The molecule has 7 heteroatoms. The van der Waals surface area contributed by atoms with Crippen LogP contribution in [0, 0.1) is 11.7 Å². The Labute approximate surface area is 177 Å². The third-order valence-corrected chi connectivity index (χ3v) is 5.90. The van der Waals surface area contributed by atoms with Gasteiger partial charge in [0.25, 0.3) is 5.91 Å². The number of anilines is 2. The number of halogens is 1. The SMILES string of the molecule is CN(C)C1CCN(c2ccc(NC(=O)c3ccc(OCC4CC4)nc3)cc2F)CC1. The van der Waals surface area contributed by atoms with Gasteiger partial charge in [0.1, 0.15) is 5.82 Å². The Morgan fingerprint density at radius 3 is 2.57 bits per heavy atom. The molecular formula is C23H29FN4O2. The maximum absolute atomic E-state index is 14.7. The van der Waals surface area contributed by atoms with E-state index in [1.165, 1.54) is 25.1 Å². The topological polar surface area (TPSA) is 57.7 Å². The average Bonchev–Trinajstić information content (AvgIpc) is 3.57. The number of pyridine rings is 1. The van der Waals surface area contributed by atoms with Crippen molar-refractivity contribution < 1.29 is 13.9 Å². The highest BCUT2D eigenvalue weighted by molar-refractivity contribution is 6.04. The smallest absolute Gasteiger partial charge is 0.257 e. The molecular weight excluding hydrogens is 383 g/mol. The van der Waals surface area contributed by atoms with Gasteiger partial charge in [-0.05, 0) is 70.0 Å². The first-order valence-electron chi connectivity index (χ1n) is 10.6. The van der Waals surface area contributed by atoms with Crippen LogP contribution in [0.2, 0.25) is 0 Å². The molecule has 2 heterocycles. The van der Waals surface area contributed by atoms with E-state index in [0.717, 1.165) is 25.9 Å². The second-order valence-electron chi connectivity index (χ2n) is 8.44. The van der Waals surface area contributed by atoms with E-state index >= 15 is 0 Å². The molecule has 4 rings (SSSR count). The Morgan fingerprint density at radius 2 is 1.97 bits per heavy atom. The molecule has 1 aliphatic heterocycles. The Kier molecular flexibility index (Phi) is 6.18. The zero-order chi connectivity index (χ0) is 21.1. The molecule has 0 spiro atoms. The Hall–Kier alpha value is -2.67. The molecule has 160 valence electrons. The fourth-order valence-corrected chi connectivity index (χ4v) is 3.76. The number of hydrogen-bond donors (Lipinski definition) is 1. The minimum atomic E-state index is -0.324. The Balaban J connectivity index is 1.34. The van der Waals surface area contributed by atoms with Gasteiger partial charge in [0, 0.05) is 37.1 Å². The van der Waals surface area contributed by atoms with Crippen LogP contribution in [-0.2, 0) is 0 Å². The number of benzene rings is 1. The molecule has 2 aliphatic rings. The van der Waals surface area contributed by atoms with Gasteiger partial charge in [-0.3, -0.25) is 4.79 Å². The minimum Gasteiger partial charge on any atom is -0.477 e. The monoisotopic (exact) mass is 412 g/mol. The van der Waals surface area contributed by atoms with Gasteiger partial charge < -0.3 is 19.9 Å². The third-order valence-electron chi connectivity index (χ3n) is 5.90. The van der Waals surface area contributed by atoms with Crippen LogP contribution in [0.5, 0.6) is 5.88 Å². The van der Waals surface area contributed by atoms with Gasteiger partial charge in [-0.15, -0.1) is 0 Å². The predicted octanol–water partition coefficient (Wildman–Crippen LogP) is 3.79. The quantitative estimate of drug-likeness (QED) is 0.750. The van der Waals surface area contributed by atoms with Gasteiger partial charge in [-0.25, -0.2) is 9.37 Å². The molecule has 0 bridgehead atoms. The van der Waals surface area contributed by atoms with Crippen molar-refractivity contribution in [3.05, 3.63) is 47.9 Å². The highest BCUT2D eigenvalue weighted by atomic mass is 19.1. The molecule has 1 aromatic carbocycles. The lowest BCUT2D eigenvalue weighted by molar-refractivity contribution is 0.102. The van der Waals surface area contributed by atoms with Crippen molar-refractivity contribution in [1.29, 1.82) is 0 Å². The summed E-state index contributed by atoms with van der Waals surface area (Å²) in [6.45, 7) is 2.33. The van der Waals surface area contributed by atoms with Gasteiger partial charge >= 0.3 is 0 Å². The molecule has 1 aromatic heterocycles. The summed E-state index contributed by atoms with van der Waals surface area (Å²) in [5, 5.41) is 2.75. The fraction of sp³-hybridized carbons (Fsp3) is 0.478. The molecule has 0 radical (unpaired) electrons. The number of piperidine rings is 1. The summed E-state index contributed by atoms with van der Waals surface area (Å²) in [5.74, 6) is 0.520. The summed E-state index contributed by atoms with van der Waals surface area (Å²) in [4.78, 5) is 21.0. The molecule has 0 atom stereocenters. The van der Waals surface area contributed by atoms with E-state index in [2.05, 4.69) is 34.2 Å². The van der Waals surface area contributed by atoms with E-state index < -0.39 is 0 Å². The molecule has 1 amide bonds. The molecule has 1 aliphatic carbocycles. The van der Waals surface area contributed by atoms with Gasteiger partial charge in [-0.1, -0.05) is 0 Å². The van der Waals surface area contributed by atoms with E-state index in [1.807, 2.05) is 0 Å². The molecule has 30 heavy (non-hydrogen) atoms. The maximum Gasteiger partial charge on any atom is 0.257 e. The summed E-state index contributed by atoms with van der Waals surface area (Å²) >= 11 is 0. The van der Waals surface area contributed by atoms with Crippen LogP contribution in [0.4, 0.5) is 15.8 Å². The van der Waals surface area contributed by atoms with Gasteiger partial charge in [0.15, 0.2) is 0 Å². The first-order chi connectivity index (χ1) is 14.5. The minimum absolute atomic E-state index is 0.321. The van der Waals surface area contributed by atoms with Crippen molar-refractivity contribution in [3.63, 3.8) is 0 Å². The number of hydrogen-bond acceptors (Lipinski definition) is 5. The van der Waals surface area contributed by atoms with Crippen LogP contribution in [0.15, 0.2) is 36.5 Å². The number of ether oxygens (including phenoxy) is 1. The number of nitrogens with zero attached hydrogens (tertiary/aromatic N) is 3. The summed E-state index contributed by atoms with van der Waals surface area (Å²) in [6, 6.07) is 8.78. The van der Waals surface area contributed by atoms with Crippen molar-refractivity contribution in [1.82, 2.24) is 9.88 Å². The maximum atomic E-state index is 14.7. The number of carbonyl (C=O) groups excluding carboxylic acids is 1. The number of aromatic nitrogens is 1. The van der Waals surface area contributed by atoms with Gasteiger partial charge in [0.05, 0.1) is 17.9 Å². The van der Waals surface area contributed by atoms with Crippen LogP contribution in [-0.4, -0.2) is 55.6 Å². The molecule has 1 saturated carbocycles. The molecule has 1 saturated heterocycles. The summed E-state index contributed by atoms with van der Waals surface area (Å²) in [7, 11) is 4.17. The second kappa shape index (κ2) is 9.00. The lowest BCUT2D eigenvalue weighted by Crippen LogP contribution is -2.42. The van der Waals surface area contributed by atoms with Gasteiger partial charge in [-0.2, -0.15) is 0 Å². The van der Waals surface area contributed by atoms with Crippen LogP contribution in [0.1, 0.15) is 36.0 Å². The van der Waals surface area contributed by atoms with Crippen LogP contribution in [0.25, 0.3) is 0 Å². The van der Waals surface area contributed by atoms with Crippen LogP contribution in [0.3, 0.4) is 0 Å². The third kappa shape index (κ3) is 5.08. The number of amides is 1. The highest BCUT2D eigenvalue weighted by Crippen LogP contribution is 2.29.